The lowest BCUT2D eigenvalue weighted by Gasteiger charge is -2.06. The third-order valence-corrected chi connectivity index (χ3v) is 8.53. The van der Waals surface area contributed by atoms with Gasteiger partial charge >= 0.3 is 0 Å². The quantitative estimate of drug-likeness (QED) is 0.0726. The average Bonchev–Trinajstić information content (AvgIpc) is 3.08. The molecular weight excluding hydrogens is 544 g/mol. The SMILES string of the molecule is CCCCCCCCc1ccc(/C=C/c2ccc(Oc3ccc(/C=C/c4ccc(CCCCCCCC)cc4)cc3)cc2)cc1. The van der Waals surface area contributed by atoms with E-state index in [2.05, 4.69) is 111 Å². The Morgan fingerprint density at radius 1 is 0.356 bits per heavy atom. The lowest BCUT2D eigenvalue weighted by atomic mass is 10.0. The van der Waals surface area contributed by atoms with Crippen LogP contribution in [0.25, 0.3) is 24.3 Å². The number of unbranched alkanes of at least 4 members (excludes halogenated alkanes) is 10. The third kappa shape index (κ3) is 13.4. The molecule has 0 aliphatic rings. The molecule has 236 valence electrons. The molecule has 0 atom stereocenters. The summed E-state index contributed by atoms with van der Waals surface area (Å²) in [6.07, 6.45) is 27.2. The Morgan fingerprint density at radius 2 is 0.644 bits per heavy atom. The topological polar surface area (TPSA) is 9.23 Å². The molecule has 0 spiro atoms. The van der Waals surface area contributed by atoms with Gasteiger partial charge in [-0.25, -0.2) is 0 Å². The molecule has 0 amide bonds. The van der Waals surface area contributed by atoms with E-state index in [1.807, 2.05) is 24.3 Å². The van der Waals surface area contributed by atoms with Gasteiger partial charge in [-0.1, -0.05) is 175 Å². The molecule has 4 aromatic carbocycles. The summed E-state index contributed by atoms with van der Waals surface area (Å²) in [6.45, 7) is 4.55. The van der Waals surface area contributed by atoms with Crippen molar-refractivity contribution < 1.29 is 4.74 Å². The Bertz CT molecular complexity index is 1280. The van der Waals surface area contributed by atoms with Crippen LogP contribution in [0.1, 0.15) is 124 Å². The highest BCUT2D eigenvalue weighted by molar-refractivity contribution is 5.71. The van der Waals surface area contributed by atoms with Crippen molar-refractivity contribution in [3.05, 3.63) is 130 Å². The Hall–Kier alpha value is -3.84. The van der Waals surface area contributed by atoms with E-state index in [-0.39, 0.29) is 0 Å². The van der Waals surface area contributed by atoms with Gasteiger partial charge in [0.1, 0.15) is 11.5 Å². The molecule has 0 radical (unpaired) electrons. The van der Waals surface area contributed by atoms with Crippen molar-refractivity contribution in [3.63, 3.8) is 0 Å². The van der Waals surface area contributed by atoms with E-state index in [0.717, 1.165) is 22.6 Å². The minimum Gasteiger partial charge on any atom is -0.457 e. The lowest BCUT2D eigenvalue weighted by molar-refractivity contribution is 0.482. The molecule has 1 nitrogen and oxygen atoms in total. The van der Waals surface area contributed by atoms with E-state index < -0.39 is 0 Å². The number of hydrogen-bond donors (Lipinski definition) is 0. The monoisotopic (exact) mass is 598 g/mol. The van der Waals surface area contributed by atoms with Gasteiger partial charge in [-0.05, 0) is 83.3 Å². The van der Waals surface area contributed by atoms with Crippen LogP contribution in [0.15, 0.2) is 97.1 Å². The van der Waals surface area contributed by atoms with Crippen LogP contribution in [-0.4, -0.2) is 0 Å². The first-order valence-electron chi connectivity index (χ1n) is 17.6. The molecule has 0 aromatic heterocycles. The molecule has 1 heteroatoms. The first-order chi connectivity index (χ1) is 22.2. The standard InChI is InChI=1S/C44H54O/c1-3-5-7-9-11-13-15-37-17-21-39(22-18-37)25-27-41-29-33-43(34-30-41)45-44-35-31-42(32-36-44)28-26-40-23-19-38(20-24-40)16-14-12-10-8-6-4-2/h17-36H,3-16H2,1-2H3/b27-25+,28-26+. The molecule has 4 aromatic rings. The van der Waals surface area contributed by atoms with Gasteiger partial charge in [-0.2, -0.15) is 0 Å². The Labute approximate surface area is 274 Å². The summed E-state index contributed by atoms with van der Waals surface area (Å²) in [4.78, 5) is 0. The van der Waals surface area contributed by atoms with E-state index in [9.17, 15) is 0 Å². The fourth-order valence-electron chi connectivity index (χ4n) is 5.62. The van der Waals surface area contributed by atoms with Gasteiger partial charge in [0.05, 0.1) is 0 Å². The number of rotatable bonds is 20. The molecule has 0 heterocycles. The first-order valence-corrected chi connectivity index (χ1v) is 17.6. The van der Waals surface area contributed by atoms with Crippen molar-refractivity contribution in [2.45, 2.75) is 104 Å². The fourth-order valence-corrected chi connectivity index (χ4v) is 5.62. The minimum atomic E-state index is 0.843. The summed E-state index contributed by atoms with van der Waals surface area (Å²) in [7, 11) is 0. The van der Waals surface area contributed by atoms with Crippen LogP contribution in [0.2, 0.25) is 0 Å². The van der Waals surface area contributed by atoms with Gasteiger partial charge in [0.2, 0.25) is 0 Å². The van der Waals surface area contributed by atoms with Crippen LogP contribution in [0.5, 0.6) is 11.5 Å². The normalized spacial score (nSPS) is 11.5. The fraction of sp³-hybridized carbons (Fsp3) is 0.364. The zero-order valence-corrected chi connectivity index (χ0v) is 27.9. The maximum atomic E-state index is 6.11. The second-order valence-corrected chi connectivity index (χ2v) is 12.4. The Balaban J connectivity index is 1.18. The maximum Gasteiger partial charge on any atom is 0.127 e. The predicted molar refractivity (Wildman–Crippen MR) is 198 cm³/mol. The van der Waals surface area contributed by atoms with Crippen molar-refractivity contribution in [1.82, 2.24) is 0 Å². The van der Waals surface area contributed by atoms with E-state index >= 15 is 0 Å². The van der Waals surface area contributed by atoms with Crippen LogP contribution < -0.4 is 4.74 Å². The van der Waals surface area contributed by atoms with E-state index in [1.165, 1.54) is 112 Å². The van der Waals surface area contributed by atoms with Gasteiger partial charge < -0.3 is 4.74 Å². The number of benzene rings is 4. The number of ether oxygens (including phenoxy) is 1. The molecule has 0 aliphatic heterocycles. The summed E-state index contributed by atoms with van der Waals surface area (Å²) in [5.41, 5.74) is 7.67. The lowest BCUT2D eigenvalue weighted by Crippen LogP contribution is -1.87. The van der Waals surface area contributed by atoms with Crippen LogP contribution in [-0.2, 0) is 12.8 Å². The van der Waals surface area contributed by atoms with E-state index in [4.69, 9.17) is 4.74 Å². The summed E-state index contributed by atoms with van der Waals surface area (Å²) in [6, 6.07) is 34.6. The molecular formula is C44H54O. The molecule has 0 saturated carbocycles. The minimum absolute atomic E-state index is 0.843. The summed E-state index contributed by atoms with van der Waals surface area (Å²) >= 11 is 0. The third-order valence-electron chi connectivity index (χ3n) is 8.53. The summed E-state index contributed by atoms with van der Waals surface area (Å²) < 4.78 is 6.11. The second kappa shape index (κ2) is 20.2. The largest absolute Gasteiger partial charge is 0.457 e. The van der Waals surface area contributed by atoms with Crippen molar-refractivity contribution in [2.75, 3.05) is 0 Å². The molecule has 0 saturated heterocycles. The molecule has 0 N–H and O–H groups in total. The van der Waals surface area contributed by atoms with Gasteiger partial charge in [0.15, 0.2) is 0 Å². The van der Waals surface area contributed by atoms with Gasteiger partial charge in [0, 0.05) is 0 Å². The van der Waals surface area contributed by atoms with Crippen LogP contribution >= 0.6 is 0 Å². The number of aryl methyl sites for hydroxylation is 2. The van der Waals surface area contributed by atoms with E-state index in [0.29, 0.717) is 0 Å². The highest BCUT2D eigenvalue weighted by atomic mass is 16.5. The van der Waals surface area contributed by atoms with Crippen molar-refractivity contribution in [1.29, 1.82) is 0 Å². The zero-order valence-electron chi connectivity index (χ0n) is 27.9. The van der Waals surface area contributed by atoms with Crippen molar-refractivity contribution in [3.8, 4) is 11.5 Å². The maximum absolute atomic E-state index is 6.11. The summed E-state index contributed by atoms with van der Waals surface area (Å²) in [5, 5.41) is 0. The van der Waals surface area contributed by atoms with Crippen LogP contribution in [0.3, 0.4) is 0 Å². The first kappa shape index (κ1) is 34.0. The highest BCUT2D eigenvalue weighted by Crippen LogP contribution is 2.24. The average molecular weight is 599 g/mol. The summed E-state index contributed by atoms with van der Waals surface area (Å²) in [5.74, 6) is 1.69. The van der Waals surface area contributed by atoms with Crippen molar-refractivity contribution >= 4 is 24.3 Å². The van der Waals surface area contributed by atoms with Gasteiger partial charge in [-0.3, -0.25) is 0 Å². The zero-order chi connectivity index (χ0) is 31.4. The van der Waals surface area contributed by atoms with Gasteiger partial charge in [-0.15, -0.1) is 0 Å². The molecule has 4 rings (SSSR count). The number of hydrogen-bond acceptors (Lipinski definition) is 1. The predicted octanol–water partition coefficient (Wildman–Crippen LogP) is 13.6. The molecule has 45 heavy (non-hydrogen) atoms. The van der Waals surface area contributed by atoms with Crippen molar-refractivity contribution in [2.24, 2.45) is 0 Å². The molecule has 0 unspecified atom stereocenters. The highest BCUT2D eigenvalue weighted by Gasteiger charge is 2.00. The Morgan fingerprint density at radius 3 is 0.978 bits per heavy atom. The molecule has 0 bridgehead atoms. The van der Waals surface area contributed by atoms with Crippen LogP contribution in [0, 0.1) is 0 Å². The van der Waals surface area contributed by atoms with Gasteiger partial charge in [0.25, 0.3) is 0 Å². The van der Waals surface area contributed by atoms with Crippen LogP contribution in [0.4, 0.5) is 0 Å². The molecule has 0 aliphatic carbocycles. The van der Waals surface area contributed by atoms with E-state index in [1.54, 1.807) is 0 Å². The second-order valence-electron chi connectivity index (χ2n) is 12.4. The molecule has 0 fully saturated rings. The Kier molecular flexibility index (Phi) is 15.3. The smallest absolute Gasteiger partial charge is 0.127 e.